The minimum atomic E-state index is -1.09. The van der Waals surface area contributed by atoms with Crippen LogP contribution in [0.5, 0.6) is 0 Å². The number of hydrogen-bond acceptors (Lipinski definition) is 4. The number of hydrogen-bond donors (Lipinski definition) is 2. The molecule has 0 saturated carbocycles. The van der Waals surface area contributed by atoms with Gasteiger partial charge in [0.25, 0.3) is 5.91 Å². The Labute approximate surface area is 120 Å². The molecule has 1 aromatic rings. The van der Waals surface area contributed by atoms with Crippen LogP contribution in [0.3, 0.4) is 0 Å². The van der Waals surface area contributed by atoms with Crippen LogP contribution in [0.15, 0.2) is 24.3 Å². The summed E-state index contributed by atoms with van der Waals surface area (Å²) in [5, 5.41) is 2.11. The van der Waals surface area contributed by atoms with Crippen molar-refractivity contribution in [3.8, 4) is 0 Å². The van der Waals surface area contributed by atoms with Gasteiger partial charge in [0.1, 0.15) is 12.0 Å². The summed E-state index contributed by atoms with van der Waals surface area (Å²) in [6.45, 7) is 0.284. The highest BCUT2D eigenvalue weighted by Gasteiger charge is 2.44. The number of carbonyl (C=O) groups excluding carboxylic acids is 4. The van der Waals surface area contributed by atoms with Gasteiger partial charge in [-0.3, -0.25) is 24.5 Å². The maximum atomic E-state index is 12.3. The van der Waals surface area contributed by atoms with Crippen molar-refractivity contribution in [3.05, 3.63) is 35.4 Å². The molecule has 2 atom stereocenters. The Morgan fingerprint density at radius 3 is 2.57 bits per heavy atom. The maximum Gasteiger partial charge on any atom is 0.255 e. The van der Waals surface area contributed by atoms with E-state index in [4.69, 9.17) is 5.73 Å². The standard InChI is InChI=1S/C14H13N3O4/c15-11(18)9-5-10(13(20)16-12(9)19)17-6-7-3-1-2-4-8(7)14(17)21/h1-4,9-10H,5-6H2,(H2,15,18)(H,16,19,20). The van der Waals surface area contributed by atoms with Crippen molar-refractivity contribution in [2.75, 3.05) is 0 Å². The van der Waals surface area contributed by atoms with Gasteiger partial charge in [0.15, 0.2) is 0 Å². The summed E-state index contributed by atoms with van der Waals surface area (Å²) < 4.78 is 0. The van der Waals surface area contributed by atoms with E-state index in [-0.39, 0.29) is 18.9 Å². The molecule has 3 N–H and O–H groups in total. The highest BCUT2D eigenvalue weighted by atomic mass is 16.2. The Bertz CT molecular complexity index is 670. The largest absolute Gasteiger partial charge is 0.369 e. The van der Waals surface area contributed by atoms with Crippen molar-refractivity contribution >= 4 is 23.6 Å². The highest BCUT2D eigenvalue weighted by Crippen LogP contribution is 2.28. The molecule has 0 radical (unpaired) electrons. The van der Waals surface area contributed by atoms with E-state index in [0.29, 0.717) is 5.56 Å². The number of imide groups is 1. The van der Waals surface area contributed by atoms with Gasteiger partial charge in [-0.15, -0.1) is 0 Å². The third-order valence-electron chi connectivity index (χ3n) is 3.89. The van der Waals surface area contributed by atoms with E-state index >= 15 is 0 Å². The quantitative estimate of drug-likeness (QED) is 0.546. The van der Waals surface area contributed by atoms with Gasteiger partial charge in [0.2, 0.25) is 17.7 Å². The summed E-state index contributed by atoms with van der Waals surface area (Å²) in [4.78, 5) is 48.5. The fraction of sp³-hybridized carbons (Fsp3) is 0.286. The van der Waals surface area contributed by atoms with Gasteiger partial charge in [-0.25, -0.2) is 0 Å². The molecule has 0 aromatic heterocycles. The fourth-order valence-electron chi connectivity index (χ4n) is 2.77. The second-order valence-electron chi connectivity index (χ2n) is 5.15. The SMILES string of the molecule is NC(=O)C1CC(N2Cc3ccccc3C2=O)C(=O)NC1=O. The molecule has 3 rings (SSSR count). The third-order valence-corrected chi connectivity index (χ3v) is 3.89. The summed E-state index contributed by atoms with van der Waals surface area (Å²) >= 11 is 0. The maximum absolute atomic E-state index is 12.3. The lowest BCUT2D eigenvalue weighted by Gasteiger charge is -2.32. The van der Waals surface area contributed by atoms with Crippen LogP contribution in [-0.2, 0) is 20.9 Å². The van der Waals surface area contributed by atoms with Gasteiger partial charge in [-0.1, -0.05) is 18.2 Å². The van der Waals surface area contributed by atoms with Crippen molar-refractivity contribution in [1.82, 2.24) is 10.2 Å². The summed E-state index contributed by atoms with van der Waals surface area (Å²) in [6.07, 6.45) is -0.0697. The number of benzene rings is 1. The number of rotatable bonds is 2. The predicted octanol–water partition coefficient (Wildman–Crippen LogP) is -0.841. The number of nitrogens with one attached hydrogen (secondary N) is 1. The number of carbonyl (C=O) groups is 4. The Kier molecular flexibility index (Phi) is 2.97. The van der Waals surface area contributed by atoms with Crippen LogP contribution in [-0.4, -0.2) is 34.6 Å². The van der Waals surface area contributed by atoms with E-state index in [2.05, 4.69) is 5.32 Å². The Hall–Kier alpha value is -2.70. The van der Waals surface area contributed by atoms with Crippen molar-refractivity contribution in [1.29, 1.82) is 0 Å². The first-order valence-electron chi connectivity index (χ1n) is 6.52. The summed E-state index contributed by atoms with van der Waals surface area (Å²) in [7, 11) is 0. The van der Waals surface area contributed by atoms with E-state index < -0.39 is 29.7 Å². The molecule has 0 spiro atoms. The van der Waals surface area contributed by atoms with Crippen LogP contribution in [0.25, 0.3) is 0 Å². The second kappa shape index (κ2) is 4.69. The number of amides is 4. The lowest BCUT2D eigenvalue weighted by atomic mass is 9.93. The first-order chi connectivity index (χ1) is 9.99. The third kappa shape index (κ3) is 2.06. The summed E-state index contributed by atoms with van der Waals surface area (Å²) in [5.74, 6) is -3.44. The molecule has 1 saturated heterocycles. The molecule has 2 aliphatic rings. The van der Waals surface area contributed by atoms with E-state index in [9.17, 15) is 19.2 Å². The monoisotopic (exact) mass is 287 g/mol. The molecule has 0 bridgehead atoms. The van der Waals surface area contributed by atoms with Crippen LogP contribution >= 0.6 is 0 Å². The molecule has 2 aliphatic heterocycles. The minimum absolute atomic E-state index is 0.0697. The first kappa shape index (κ1) is 13.3. The lowest BCUT2D eigenvalue weighted by Crippen LogP contribution is -2.58. The number of primary amides is 1. The van der Waals surface area contributed by atoms with Crippen LogP contribution in [0.1, 0.15) is 22.3 Å². The smallest absolute Gasteiger partial charge is 0.255 e. The number of nitrogens with two attached hydrogens (primary N) is 1. The van der Waals surface area contributed by atoms with Gasteiger partial charge in [-0.2, -0.15) is 0 Å². The molecule has 108 valence electrons. The van der Waals surface area contributed by atoms with Gasteiger partial charge in [0, 0.05) is 12.1 Å². The zero-order valence-corrected chi connectivity index (χ0v) is 11.0. The number of piperidine rings is 1. The van der Waals surface area contributed by atoms with Crippen molar-refractivity contribution < 1.29 is 19.2 Å². The first-order valence-corrected chi connectivity index (χ1v) is 6.52. The Morgan fingerprint density at radius 2 is 1.90 bits per heavy atom. The van der Waals surface area contributed by atoms with Crippen molar-refractivity contribution in [2.24, 2.45) is 11.7 Å². The lowest BCUT2D eigenvalue weighted by molar-refractivity contribution is -0.143. The zero-order valence-electron chi connectivity index (χ0n) is 11.0. The molecule has 7 nitrogen and oxygen atoms in total. The highest BCUT2D eigenvalue weighted by molar-refractivity contribution is 6.11. The second-order valence-corrected chi connectivity index (χ2v) is 5.15. The van der Waals surface area contributed by atoms with Crippen molar-refractivity contribution in [2.45, 2.75) is 19.0 Å². The van der Waals surface area contributed by atoms with Gasteiger partial charge in [-0.05, 0) is 18.1 Å². The molecule has 1 aromatic carbocycles. The zero-order chi connectivity index (χ0) is 15.1. The summed E-state index contributed by atoms with van der Waals surface area (Å²) in [6, 6.07) is 6.20. The molecule has 2 unspecified atom stereocenters. The molecule has 0 aliphatic carbocycles. The molecular weight excluding hydrogens is 274 g/mol. The average Bonchev–Trinajstić information content (AvgIpc) is 2.76. The van der Waals surface area contributed by atoms with E-state index in [0.717, 1.165) is 5.56 Å². The fourth-order valence-corrected chi connectivity index (χ4v) is 2.77. The molecule has 21 heavy (non-hydrogen) atoms. The van der Waals surface area contributed by atoms with Gasteiger partial charge in [0.05, 0.1) is 0 Å². The molecule has 2 heterocycles. The van der Waals surface area contributed by atoms with Crippen molar-refractivity contribution in [3.63, 3.8) is 0 Å². The Balaban J connectivity index is 1.88. The number of nitrogens with zero attached hydrogens (tertiary/aromatic N) is 1. The van der Waals surface area contributed by atoms with Gasteiger partial charge >= 0.3 is 0 Å². The molecule has 4 amide bonds. The molecular formula is C14H13N3O4. The van der Waals surface area contributed by atoms with Gasteiger partial charge < -0.3 is 10.6 Å². The predicted molar refractivity (Wildman–Crippen MR) is 70.6 cm³/mol. The summed E-state index contributed by atoms with van der Waals surface area (Å²) in [5.41, 5.74) is 6.53. The molecule has 1 fully saturated rings. The number of fused-ring (bicyclic) bond motifs is 1. The van der Waals surface area contributed by atoms with Crippen LogP contribution in [0.2, 0.25) is 0 Å². The minimum Gasteiger partial charge on any atom is -0.369 e. The average molecular weight is 287 g/mol. The Morgan fingerprint density at radius 1 is 1.19 bits per heavy atom. The van der Waals surface area contributed by atoms with E-state index in [1.807, 2.05) is 12.1 Å². The molecule has 7 heteroatoms. The normalized spacial score (nSPS) is 24.8. The van der Waals surface area contributed by atoms with Crippen LogP contribution < -0.4 is 11.1 Å². The van der Waals surface area contributed by atoms with E-state index in [1.54, 1.807) is 12.1 Å². The van der Waals surface area contributed by atoms with Crippen LogP contribution in [0.4, 0.5) is 0 Å². The van der Waals surface area contributed by atoms with Crippen LogP contribution in [0, 0.1) is 5.92 Å². The van der Waals surface area contributed by atoms with E-state index in [1.165, 1.54) is 4.90 Å². The topological polar surface area (TPSA) is 110 Å².